The van der Waals surface area contributed by atoms with Crippen molar-refractivity contribution >= 4 is 66.4 Å². The second-order valence-electron chi connectivity index (χ2n) is 13.2. The van der Waals surface area contributed by atoms with Gasteiger partial charge in [0, 0.05) is 47.4 Å². The number of non-ortho nitro benzene ring substituents is 2. The van der Waals surface area contributed by atoms with E-state index in [0.29, 0.717) is 57.8 Å². The molecule has 0 bridgehead atoms. The third-order valence-corrected chi connectivity index (χ3v) is 8.87. The summed E-state index contributed by atoms with van der Waals surface area (Å²) in [5.41, 5.74) is 1.88. The molecule has 55 heavy (non-hydrogen) atoms. The molecular formula is C38H46N8O9. The van der Waals surface area contributed by atoms with Crippen LogP contribution in [-0.2, 0) is 0 Å². The SMILES string of the molecule is COc1ccc2[nH]c3c([N+](=O)[O-])ccc(NCCCN(C)C)c3c(=O)c2c1.COc1ccc2[nH]c3c([N+](=O)[O-])ccc(NCCCN(C)C)c3c(=O)c2c1.O. The Morgan fingerprint density at radius 1 is 0.636 bits per heavy atom. The van der Waals surface area contributed by atoms with Crippen molar-refractivity contribution in [3.63, 3.8) is 0 Å². The van der Waals surface area contributed by atoms with Gasteiger partial charge in [-0.05, 0) is 103 Å². The average Bonchev–Trinajstić information content (AvgIpc) is 3.14. The molecule has 0 atom stereocenters. The number of ether oxygens (including phenoxy) is 2. The number of pyridine rings is 2. The Balaban J connectivity index is 0.000000240. The predicted octanol–water partition coefficient (Wildman–Crippen LogP) is 5.10. The molecule has 6 aromatic rings. The molecule has 0 spiro atoms. The van der Waals surface area contributed by atoms with E-state index in [1.54, 1.807) is 48.5 Å². The highest BCUT2D eigenvalue weighted by molar-refractivity contribution is 6.04. The minimum Gasteiger partial charge on any atom is -0.497 e. The fourth-order valence-corrected chi connectivity index (χ4v) is 6.18. The van der Waals surface area contributed by atoms with E-state index in [-0.39, 0.29) is 49.5 Å². The largest absolute Gasteiger partial charge is 0.497 e. The number of nitro benzene ring substituents is 2. The lowest BCUT2D eigenvalue weighted by atomic mass is 10.1. The van der Waals surface area contributed by atoms with Gasteiger partial charge in [-0.2, -0.15) is 0 Å². The molecule has 17 nitrogen and oxygen atoms in total. The first-order valence-corrected chi connectivity index (χ1v) is 17.2. The molecule has 17 heteroatoms. The molecule has 0 saturated heterocycles. The second-order valence-corrected chi connectivity index (χ2v) is 13.2. The summed E-state index contributed by atoms with van der Waals surface area (Å²) < 4.78 is 10.4. The summed E-state index contributed by atoms with van der Waals surface area (Å²) >= 11 is 0. The summed E-state index contributed by atoms with van der Waals surface area (Å²) in [6.07, 6.45) is 1.76. The third kappa shape index (κ3) is 9.26. The fourth-order valence-electron chi connectivity index (χ4n) is 6.18. The lowest BCUT2D eigenvalue weighted by Gasteiger charge is -2.13. The molecular weight excluding hydrogens is 712 g/mol. The topological polar surface area (TPSA) is 232 Å². The molecule has 4 aromatic carbocycles. The zero-order valence-electron chi connectivity index (χ0n) is 31.6. The highest BCUT2D eigenvalue weighted by atomic mass is 16.6. The number of nitro groups is 2. The Kier molecular flexibility index (Phi) is 13.7. The Bertz CT molecular complexity index is 2290. The van der Waals surface area contributed by atoms with Crippen LogP contribution >= 0.6 is 0 Å². The molecule has 0 fully saturated rings. The molecule has 0 aliphatic rings. The lowest BCUT2D eigenvalue weighted by molar-refractivity contribution is -0.383. The monoisotopic (exact) mass is 758 g/mol. The first-order chi connectivity index (χ1) is 25.8. The number of aromatic nitrogens is 2. The van der Waals surface area contributed by atoms with Crippen molar-refractivity contribution in [2.24, 2.45) is 0 Å². The van der Waals surface area contributed by atoms with Crippen molar-refractivity contribution < 1.29 is 24.8 Å². The second kappa shape index (κ2) is 18.2. The van der Waals surface area contributed by atoms with Crippen molar-refractivity contribution in [2.45, 2.75) is 12.8 Å². The van der Waals surface area contributed by atoms with Gasteiger partial charge in [0.1, 0.15) is 22.5 Å². The van der Waals surface area contributed by atoms with Gasteiger partial charge in [0.05, 0.1) is 45.9 Å². The molecule has 0 amide bonds. The smallest absolute Gasteiger partial charge is 0.293 e. The van der Waals surface area contributed by atoms with Crippen molar-refractivity contribution in [1.29, 1.82) is 0 Å². The number of methoxy groups -OCH3 is 2. The van der Waals surface area contributed by atoms with E-state index in [1.807, 2.05) is 28.2 Å². The van der Waals surface area contributed by atoms with Crippen LogP contribution < -0.4 is 31.0 Å². The third-order valence-electron chi connectivity index (χ3n) is 8.87. The Hall–Kier alpha value is -6.30. The van der Waals surface area contributed by atoms with Crippen molar-refractivity contribution in [2.75, 3.05) is 79.2 Å². The van der Waals surface area contributed by atoms with E-state index in [0.717, 1.165) is 25.9 Å². The van der Waals surface area contributed by atoms with E-state index in [9.17, 15) is 29.8 Å². The standard InChI is InChI=1S/2C19H22N4O4.H2O/c2*1-22(2)10-4-9-20-15-7-8-16(23(25)26)18-17(15)19(24)13-11-12(27-3)5-6-14(13)21-18;/h2*5-8,11,20H,4,9-10H2,1-3H3,(H,21,24);1H2. The van der Waals surface area contributed by atoms with Crippen molar-refractivity contribution in [3.05, 3.63) is 101 Å². The van der Waals surface area contributed by atoms with Crippen LogP contribution in [0.5, 0.6) is 11.5 Å². The maximum atomic E-state index is 13.1. The molecule has 0 unspecified atom stereocenters. The van der Waals surface area contributed by atoms with Crippen LogP contribution in [0.3, 0.4) is 0 Å². The van der Waals surface area contributed by atoms with E-state index in [1.165, 1.54) is 26.4 Å². The van der Waals surface area contributed by atoms with Gasteiger partial charge in [-0.15, -0.1) is 0 Å². The summed E-state index contributed by atoms with van der Waals surface area (Å²) in [7, 11) is 11.0. The van der Waals surface area contributed by atoms with Gasteiger partial charge < -0.3 is 45.4 Å². The average molecular weight is 759 g/mol. The number of nitrogens with zero attached hydrogens (tertiary/aromatic N) is 4. The van der Waals surface area contributed by atoms with E-state index < -0.39 is 9.85 Å². The molecule has 0 radical (unpaired) electrons. The fraction of sp³-hybridized carbons (Fsp3) is 0.316. The molecule has 0 aliphatic heterocycles. The first-order valence-electron chi connectivity index (χ1n) is 17.2. The van der Waals surface area contributed by atoms with Gasteiger partial charge in [-0.25, -0.2) is 0 Å². The summed E-state index contributed by atoms with van der Waals surface area (Å²) in [5.74, 6) is 1.11. The van der Waals surface area contributed by atoms with Crippen LogP contribution in [0.1, 0.15) is 12.8 Å². The Morgan fingerprint density at radius 2 is 1.02 bits per heavy atom. The number of nitrogens with one attached hydrogen (secondary N) is 4. The van der Waals surface area contributed by atoms with Crippen LogP contribution in [0.2, 0.25) is 0 Å². The quantitative estimate of drug-likeness (QED) is 0.0492. The summed E-state index contributed by atoms with van der Waals surface area (Å²) in [4.78, 5) is 58.5. The number of hydrogen-bond donors (Lipinski definition) is 4. The van der Waals surface area contributed by atoms with Crippen LogP contribution in [-0.4, -0.2) is 104 Å². The molecule has 0 saturated carbocycles. The number of aromatic amines is 2. The van der Waals surface area contributed by atoms with Gasteiger partial charge >= 0.3 is 0 Å². The summed E-state index contributed by atoms with van der Waals surface area (Å²) in [6, 6.07) is 16.1. The summed E-state index contributed by atoms with van der Waals surface area (Å²) in [6.45, 7) is 3.10. The van der Waals surface area contributed by atoms with Crippen LogP contribution in [0.15, 0.2) is 70.3 Å². The highest BCUT2D eigenvalue weighted by Crippen LogP contribution is 2.32. The van der Waals surface area contributed by atoms with Gasteiger partial charge in [-0.3, -0.25) is 29.8 Å². The van der Waals surface area contributed by atoms with Crippen molar-refractivity contribution in [1.82, 2.24) is 19.8 Å². The lowest BCUT2D eigenvalue weighted by Crippen LogP contribution is -2.17. The molecule has 292 valence electrons. The van der Waals surface area contributed by atoms with E-state index >= 15 is 0 Å². The van der Waals surface area contributed by atoms with Gasteiger partial charge in [0.15, 0.2) is 10.9 Å². The number of anilines is 2. The minimum absolute atomic E-state index is 0. The number of H-pyrrole nitrogens is 2. The molecule has 6 rings (SSSR count). The number of rotatable bonds is 14. The van der Waals surface area contributed by atoms with Gasteiger partial charge in [-0.1, -0.05) is 0 Å². The van der Waals surface area contributed by atoms with Gasteiger partial charge in [0.25, 0.3) is 11.4 Å². The highest BCUT2D eigenvalue weighted by Gasteiger charge is 2.21. The van der Waals surface area contributed by atoms with Gasteiger partial charge in [0.2, 0.25) is 0 Å². The molecule has 2 heterocycles. The predicted molar refractivity (Wildman–Crippen MR) is 217 cm³/mol. The van der Waals surface area contributed by atoms with Crippen LogP contribution in [0.4, 0.5) is 22.7 Å². The molecule has 0 aliphatic carbocycles. The minimum atomic E-state index is -0.483. The van der Waals surface area contributed by atoms with Crippen LogP contribution in [0, 0.1) is 20.2 Å². The molecule has 6 N–H and O–H groups in total. The van der Waals surface area contributed by atoms with E-state index in [4.69, 9.17) is 9.47 Å². The number of hydrogen-bond acceptors (Lipinski definition) is 12. The number of benzene rings is 4. The zero-order valence-corrected chi connectivity index (χ0v) is 31.6. The van der Waals surface area contributed by atoms with Crippen LogP contribution in [0.25, 0.3) is 43.6 Å². The Labute approximate surface area is 315 Å². The molecule has 2 aromatic heterocycles. The number of fused-ring (bicyclic) bond motifs is 4. The maximum absolute atomic E-state index is 13.1. The van der Waals surface area contributed by atoms with E-state index in [2.05, 4.69) is 30.4 Å². The maximum Gasteiger partial charge on any atom is 0.293 e. The van der Waals surface area contributed by atoms with Crippen molar-refractivity contribution in [3.8, 4) is 11.5 Å². The first kappa shape index (κ1) is 41.5. The summed E-state index contributed by atoms with van der Waals surface area (Å²) in [5, 5.41) is 30.8. The normalized spacial score (nSPS) is 11.1. The zero-order chi connectivity index (χ0) is 39.1. The Morgan fingerprint density at radius 3 is 1.35 bits per heavy atom.